The molecule has 3 aliphatic heterocycles. The molecule has 1 spiro atoms. The molecule has 3 saturated heterocycles. The van der Waals surface area contributed by atoms with E-state index in [0.29, 0.717) is 29.9 Å². The number of thioether (sulfide) groups is 2. The second kappa shape index (κ2) is 25.1. The van der Waals surface area contributed by atoms with Crippen molar-refractivity contribution in [3.8, 4) is 0 Å². The minimum Gasteiger partial charge on any atom is -0.414 e. The van der Waals surface area contributed by atoms with E-state index in [2.05, 4.69) is 201 Å². The first-order valence-corrected chi connectivity index (χ1v) is 39.9. The average molecular weight is 1070 g/mol. The Morgan fingerprint density at radius 2 is 1.26 bits per heavy atom. The molecule has 3 aliphatic rings. The van der Waals surface area contributed by atoms with E-state index in [4.69, 9.17) is 33.8 Å². The monoisotopic (exact) mass is 1070 g/mol. The molecule has 0 aromatic heterocycles. The Morgan fingerprint density at radius 3 is 1.74 bits per heavy atom. The topological polar surface area (TPSA) is 55.4 Å². The maximum atomic E-state index is 7.68. The van der Waals surface area contributed by atoms with Crippen LogP contribution in [0.25, 0.3) is 0 Å². The minimum absolute atomic E-state index is 0.0236. The van der Waals surface area contributed by atoms with Crippen LogP contribution in [0.3, 0.4) is 0 Å². The zero-order valence-corrected chi connectivity index (χ0v) is 53.2. The van der Waals surface area contributed by atoms with E-state index < -0.39 is 44.7 Å². The van der Waals surface area contributed by atoms with Crippen molar-refractivity contribution in [2.45, 2.75) is 249 Å². The van der Waals surface area contributed by atoms with Crippen LogP contribution in [0.5, 0.6) is 0 Å². The summed E-state index contributed by atoms with van der Waals surface area (Å²) in [6.07, 6.45) is 5.73. The van der Waals surface area contributed by atoms with Gasteiger partial charge in [0.05, 0.1) is 34.6 Å². The summed E-state index contributed by atoms with van der Waals surface area (Å²) in [5.74, 6) is 2.20. The number of hydrogen-bond donors (Lipinski definition) is 0. The zero-order chi connectivity index (χ0) is 51.8. The number of hydrogen-bond acceptors (Lipinski definition) is 8. The maximum absolute atomic E-state index is 7.68. The highest BCUT2D eigenvalue weighted by Gasteiger charge is 2.57. The highest BCUT2D eigenvalue weighted by atomic mass is 32.2. The Kier molecular flexibility index (Phi) is 21.7. The van der Waals surface area contributed by atoms with Gasteiger partial charge in [-0.1, -0.05) is 170 Å². The van der Waals surface area contributed by atoms with Gasteiger partial charge in [-0.05, 0) is 114 Å². The Bertz CT molecular complexity index is 1840. The highest BCUT2D eigenvalue weighted by Crippen LogP contribution is 2.52. The molecule has 0 bridgehead atoms. The molecule has 3 fully saturated rings. The molecule has 12 heteroatoms. The maximum Gasteiger partial charge on any atom is 0.261 e. The summed E-state index contributed by atoms with van der Waals surface area (Å²) in [6.45, 7) is 46.0. The van der Waals surface area contributed by atoms with Crippen molar-refractivity contribution in [3.05, 3.63) is 72.8 Å². The first kappa shape index (κ1) is 60.4. The van der Waals surface area contributed by atoms with Crippen LogP contribution < -0.4 is 10.4 Å². The lowest BCUT2D eigenvalue weighted by molar-refractivity contribution is -0.347. The van der Waals surface area contributed by atoms with Gasteiger partial charge in [0.15, 0.2) is 30.7 Å². The fourth-order valence-electron chi connectivity index (χ4n) is 12.1. The third-order valence-electron chi connectivity index (χ3n) is 17.7. The summed E-state index contributed by atoms with van der Waals surface area (Å²) in [5, 5.41) is 2.54. The first-order chi connectivity index (χ1) is 32.8. The lowest BCUT2D eigenvalue weighted by atomic mass is 9.79. The molecular weight excluding hydrogens is 969 g/mol. The van der Waals surface area contributed by atoms with Gasteiger partial charge in [0.2, 0.25) is 0 Å². The molecule has 0 saturated carbocycles. The Balaban J connectivity index is 1.54. The largest absolute Gasteiger partial charge is 0.414 e. The van der Waals surface area contributed by atoms with E-state index >= 15 is 0 Å². The van der Waals surface area contributed by atoms with E-state index in [9.17, 15) is 0 Å². The van der Waals surface area contributed by atoms with Gasteiger partial charge >= 0.3 is 0 Å². The lowest BCUT2D eigenvalue weighted by Gasteiger charge is -2.56. The molecule has 0 amide bonds. The van der Waals surface area contributed by atoms with Gasteiger partial charge in [-0.15, -0.1) is 23.5 Å². The predicted molar refractivity (Wildman–Crippen MR) is 315 cm³/mol. The van der Waals surface area contributed by atoms with Gasteiger partial charge in [-0.2, -0.15) is 0 Å². The molecule has 6 nitrogen and oxygen atoms in total. The molecule has 398 valence electrons. The Hall–Kier alpha value is -0.492. The number of ether oxygens (including phenoxy) is 2. The van der Waals surface area contributed by atoms with Crippen LogP contribution in [0, 0.1) is 11.8 Å². The molecule has 0 aliphatic carbocycles. The number of benzene rings is 2. The third kappa shape index (κ3) is 14.3. The molecule has 0 unspecified atom stereocenters. The van der Waals surface area contributed by atoms with Crippen molar-refractivity contribution >= 4 is 67.2 Å². The van der Waals surface area contributed by atoms with Gasteiger partial charge < -0.3 is 27.2 Å². The smallest absolute Gasteiger partial charge is 0.261 e. The van der Waals surface area contributed by atoms with Crippen LogP contribution in [0.4, 0.5) is 0 Å². The summed E-state index contributed by atoms with van der Waals surface area (Å²) in [4.78, 5) is 0. The molecular formula is C58H102O6S2Si4. The van der Waals surface area contributed by atoms with Crippen molar-refractivity contribution in [3.63, 3.8) is 0 Å². The van der Waals surface area contributed by atoms with Gasteiger partial charge in [-0.3, -0.25) is 0 Å². The number of rotatable bonds is 24. The summed E-state index contributed by atoms with van der Waals surface area (Å²) >= 11 is 4.30. The second-order valence-electron chi connectivity index (χ2n) is 24.6. The molecule has 0 N–H and O–H groups in total. The normalized spacial score (nSPS) is 26.0. The van der Waals surface area contributed by atoms with E-state index in [1.54, 1.807) is 0 Å². The van der Waals surface area contributed by atoms with Gasteiger partial charge in [-0.25, -0.2) is 0 Å². The van der Waals surface area contributed by atoms with Crippen LogP contribution in [-0.4, -0.2) is 91.8 Å². The molecule has 5 rings (SSSR count). The summed E-state index contributed by atoms with van der Waals surface area (Å²) in [7, 11) is -8.93. The highest BCUT2D eigenvalue weighted by molar-refractivity contribution is 8.17. The quantitative estimate of drug-likeness (QED) is 0.0761. The van der Waals surface area contributed by atoms with E-state index in [0.717, 1.165) is 61.9 Å². The molecule has 70 heavy (non-hydrogen) atoms. The third-order valence-corrected chi connectivity index (χ3v) is 40.1. The standard InChI is InChI=1S/C58H102O6S2Si4/c1-19-68(20-2,21-3)62-50-41-48(36-37-59-70(56(13,14)15,51-32-27-25-28-33-51)52-34-29-26-30-35-52)60-58(43-50)44-57(16,64-67(17,18)55(10,11)12)42-49(61-58)40-45(7)46(8)53(63-69(22-4,23-5)24-6)47(9)54-65-38-31-39-66-54/h25-30,32-35,46-50,53-54H,7,19-24,31,36-44H2,1-6,8-18H3/t46-,47+,48+,49+,50+,53+,57+,58-/m1/s1. The van der Waals surface area contributed by atoms with Crippen LogP contribution in [-0.2, 0) is 27.2 Å². The van der Waals surface area contributed by atoms with Crippen LogP contribution in [0.2, 0.25) is 59.4 Å². The van der Waals surface area contributed by atoms with Crippen molar-refractivity contribution in [1.82, 2.24) is 0 Å². The lowest BCUT2D eigenvalue weighted by Crippen LogP contribution is -2.66. The van der Waals surface area contributed by atoms with Gasteiger partial charge in [0, 0.05) is 37.7 Å². The van der Waals surface area contributed by atoms with Crippen LogP contribution in [0.15, 0.2) is 72.8 Å². The summed E-state index contributed by atoms with van der Waals surface area (Å²) in [5.41, 5.74) is 0.772. The van der Waals surface area contributed by atoms with E-state index in [1.165, 1.54) is 33.9 Å². The van der Waals surface area contributed by atoms with Gasteiger partial charge in [0.25, 0.3) is 8.32 Å². The van der Waals surface area contributed by atoms with Crippen LogP contribution >= 0.6 is 23.5 Å². The molecule has 2 aromatic rings. The summed E-state index contributed by atoms with van der Waals surface area (Å²) < 4.78 is 46.3. The van der Waals surface area contributed by atoms with E-state index in [1.807, 2.05) is 0 Å². The zero-order valence-electron chi connectivity index (χ0n) is 47.6. The SMILES string of the molecule is C=C(C[C@H]1C[C@](C)(O[Si](C)(C)C(C)(C)C)C[C@@]2(C[C@@H](O[Si](CC)(CC)CC)C[C@H](CCO[Si](c3ccccc3)(c3ccccc3)C(C)(C)C)O2)O1)[C@@H](C)[C@H](O[Si](CC)(CC)CC)[C@H](C)C1SCCCS1. The van der Waals surface area contributed by atoms with E-state index in [-0.39, 0.29) is 40.4 Å². The fourth-order valence-corrected chi connectivity index (χ4v) is 27.4. The predicted octanol–water partition coefficient (Wildman–Crippen LogP) is 16.0. The molecule has 0 radical (unpaired) electrons. The molecule has 3 heterocycles. The molecule has 8 atom stereocenters. The summed E-state index contributed by atoms with van der Waals surface area (Å²) in [6, 6.07) is 28.8. The van der Waals surface area contributed by atoms with Crippen molar-refractivity contribution in [2.75, 3.05) is 18.1 Å². The second-order valence-corrected chi connectivity index (χ2v) is 45.9. The average Bonchev–Trinajstić information content (AvgIpc) is 3.31. The van der Waals surface area contributed by atoms with Gasteiger partial charge in [0.1, 0.15) is 0 Å². The Labute approximate surface area is 443 Å². The van der Waals surface area contributed by atoms with Crippen LogP contribution in [0.1, 0.15) is 149 Å². The minimum atomic E-state index is -2.76. The first-order valence-electron chi connectivity index (χ1n) is 27.9. The van der Waals surface area contributed by atoms with Crippen molar-refractivity contribution < 1.29 is 27.2 Å². The Morgan fingerprint density at radius 1 is 0.743 bits per heavy atom. The fraction of sp³-hybridized carbons (Fsp3) is 0.759. The van der Waals surface area contributed by atoms with Crippen molar-refractivity contribution in [1.29, 1.82) is 0 Å². The van der Waals surface area contributed by atoms with Crippen molar-refractivity contribution in [2.24, 2.45) is 11.8 Å². The molecule has 2 aromatic carbocycles.